The number of carbonyl (C=O) groups is 1. The van der Waals surface area contributed by atoms with E-state index in [9.17, 15) is 10.1 Å². The van der Waals surface area contributed by atoms with E-state index >= 15 is 0 Å². The van der Waals surface area contributed by atoms with Crippen LogP contribution in [0.25, 0.3) is 0 Å². The van der Waals surface area contributed by atoms with Crippen LogP contribution >= 0.6 is 0 Å². The van der Waals surface area contributed by atoms with E-state index in [1.54, 1.807) is 0 Å². The van der Waals surface area contributed by atoms with Gasteiger partial charge < -0.3 is 14.5 Å². The molecule has 0 spiro atoms. The highest BCUT2D eigenvalue weighted by molar-refractivity contribution is 5.78. The molecule has 4 rings (SSSR count). The highest BCUT2D eigenvalue weighted by atomic mass is 16.5. The summed E-state index contributed by atoms with van der Waals surface area (Å²) in [7, 11) is 0. The monoisotopic (exact) mass is 411 g/mol. The zero-order valence-electron chi connectivity index (χ0n) is 18.5. The SMILES string of the molecule is Cc1nc(N2CCN(C(=O)CN3CCCCC3)CC2)c(C#N)c2c1COC(C)(C)C2. The van der Waals surface area contributed by atoms with Gasteiger partial charge >= 0.3 is 0 Å². The molecule has 0 aromatic carbocycles. The average Bonchev–Trinajstić information content (AvgIpc) is 2.73. The Bertz CT molecular complexity index is 846. The van der Waals surface area contributed by atoms with Crippen LogP contribution in [0, 0.1) is 18.3 Å². The largest absolute Gasteiger partial charge is 0.370 e. The van der Waals surface area contributed by atoms with Crippen LogP contribution in [-0.2, 0) is 22.6 Å². The highest BCUT2D eigenvalue weighted by Gasteiger charge is 2.33. The van der Waals surface area contributed by atoms with Crippen molar-refractivity contribution >= 4 is 11.7 Å². The molecule has 0 bridgehead atoms. The molecule has 4 heterocycles. The molecule has 0 aliphatic carbocycles. The molecule has 0 atom stereocenters. The number of amides is 1. The van der Waals surface area contributed by atoms with Crippen molar-refractivity contribution in [2.24, 2.45) is 0 Å². The third-order valence-corrected chi connectivity index (χ3v) is 6.66. The van der Waals surface area contributed by atoms with Gasteiger partial charge in [-0.1, -0.05) is 6.42 Å². The number of anilines is 1. The van der Waals surface area contributed by atoms with E-state index in [0.29, 0.717) is 44.9 Å². The molecule has 0 saturated carbocycles. The summed E-state index contributed by atoms with van der Waals surface area (Å²) in [5.74, 6) is 1.00. The van der Waals surface area contributed by atoms with E-state index in [4.69, 9.17) is 9.72 Å². The van der Waals surface area contributed by atoms with Crippen molar-refractivity contribution in [3.63, 3.8) is 0 Å². The Hall–Kier alpha value is -2.17. The topological polar surface area (TPSA) is 72.7 Å². The summed E-state index contributed by atoms with van der Waals surface area (Å²) < 4.78 is 5.95. The minimum Gasteiger partial charge on any atom is -0.370 e. The van der Waals surface area contributed by atoms with Crippen molar-refractivity contribution in [3.05, 3.63) is 22.4 Å². The lowest BCUT2D eigenvalue weighted by molar-refractivity contribution is -0.132. The number of carbonyl (C=O) groups excluding carboxylic acids is 1. The van der Waals surface area contributed by atoms with Crippen LogP contribution in [0.3, 0.4) is 0 Å². The summed E-state index contributed by atoms with van der Waals surface area (Å²) in [5.41, 5.74) is 3.49. The second-order valence-corrected chi connectivity index (χ2v) is 9.39. The fourth-order valence-electron chi connectivity index (χ4n) is 4.84. The van der Waals surface area contributed by atoms with Crippen molar-refractivity contribution in [1.29, 1.82) is 5.26 Å². The zero-order valence-corrected chi connectivity index (χ0v) is 18.5. The van der Waals surface area contributed by atoms with Gasteiger partial charge in [-0.2, -0.15) is 5.26 Å². The lowest BCUT2D eigenvalue weighted by atomic mass is 9.88. The van der Waals surface area contributed by atoms with E-state index in [-0.39, 0.29) is 11.5 Å². The number of hydrogen-bond acceptors (Lipinski definition) is 6. The molecule has 7 nitrogen and oxygen atoms in total. The Morgan fingerprint density at radius 1 is 1.10 bits per heavy atom. The molecule has 162 valence electrons. The van der Waals surface area contributed by atoms with Crippen LogP contribution in [0.2, 0.25) is 0 Å². The van der Waals surface area contributed by atoms with Crippen LogP contribution in [0.15, 0.2) is 0 Å². The molecule has 7 heteroatoms. The number of aromatic nitrogens is 1. The number of ether oxygens (including phenoxy) is 1. The van der Waals surface area contributed by atoms with Gasteiger partial charge in [0.25, 0.3) is 0 Å². The van der Waals surface area contributed by atoms with Crippen LogP contribution in [-0.4, -0.2) is 72.1 Å². The van der Waals surface area contributed by atoms with Crippen molar-refractivity contribution in [2.75, 3.05) is 50.7 Å². The van der Waals surface area contributed by atoms with Gasteiger partial charge in [-0.25, -0.2) is 4.98 Å². The summed E-state index contributed by atoms with van der Waals surface area (Å²) in [6.07, 6.45) is 4.39. The summed E-state index contributed by atoms with van der Waals surface area (Å²) in [5, 5.41) is 9.96. The van der Waals surface area contributed by atoms with Gasteiger partial charge in [0.05, 0.1) is 24.3 Å². The fourth-order valence-corrected chi connectivity index (χ4v) is 4.84. The predicted molar refractivity (Wildman–Crippen MR) is 115 cm³/mol. The van der Waals surface area contributed by atoms with Crippen LogP contribution in [0.4, 0.5) is 5.82 Å². The van der Waals surface area contributed by atoms with Crippen molar-refractivity contribution in [3.8, 4) is 6.07 Å². The number of pyridine rings is 1. The molecule has 0 radical (unpaired) electrons. The molecule has 2 saturated heterocycles. The van der Waals surface area contributed by atoms with Crippen LogP contribution in [0.5, 0.6) is 0 Å². The van der Waals surface area contributed by atoms with E-state index in [1.165, 1.54) is 19.3 Å². The first kappa shape index (κ1) is 21.1. The number of piperazine rings is 1. The first-order valence-electron chi connectivity index (χ1n) is 11.2. The molecular weight excluding hydrogens is 378 g/mol. The van der Waals surface area contributed by atoms with Crippen LogP contribution < -0.4 is 4.90 Å². The molecular formula is C23H33N5O2. The van der Waals surface area contributed by atoms with Gasteiger partial charge in [0.2, 0.25) is 5.91 Å². The Morgan fingerprint density at radius 2 is 1.80 bits per heavy atom. The fraction of sp³-hybridized carbons (Fsp3) is 0.696. The van der Waals surface area contributed by atoms with E-state index in [1.807, 2.05) is 11.8 Å². The quantitative estimate of drug-likeness (QED) is 0.760. The Balaban J connectivity index is 1.46. The van der Waals surface area contributed by atoms with Gasteiger partial charge in [-0.3, -0.25) is 9.69 Å². The normalized spacial score (nSPS) is 21.8. The summed E-state index contributed by atoms with van der Waals surface area (Å²) in [4.78, 5) is 24.0. The van der Waals surface area contributed by atoms with E-state index in [2.05, 4.69) is 29.7 Å². The van der Waals surface area contributed by atoms with E-state index < -0.39 is 0 Å². The summed E-state index contributed by atoms with van der Waals surface area (Å²) >= 11 is 0. The smallest absolute Gasteiger partial charge is 0.236 e. The number of likely N-dealkylation sites (tertiary alicyclic amines) is 1. The maximum absolute atomic E-state index is 12.7. The molecule has 1 amide bonds. The standard InChI is InChI=1S/C23H33N5O2/c1-17-20-16-30-23(2,3)13-18(20)19(14-24)22(25-17)28-11-9-27(10-12-28)21(29)15-26-7-5-4-6-8-26/h4-13,15-16H2,1-3H3. The zero-order chi connectivity index (χ0) is 21.3. The maximum atomic E-state index is 12.7. The number of nitrogens with zero attached hydrogens (tertiary/aromatic N) is 5. The number of aryl methyl sites for hydroxylation is 1. The van der Waals surface area contributed by atoms with Crippen LogP contribution in [0.1, 0.15) is 55.5 Å². The Kier molecular flexibility index (Phi) is 5.99. The molecule has 30 heavy (non-hydrogen) atoms. The molecule has 1 aromatic heterocycles. The second kappa shape index (κ2) is 8.52. The third kappa shape index (κ3) is 4.30. The molecule has 1 aromatic rings. The highest BCUT2D eigenvalue weighted by Crippen LogP contribution is 2.35. The Labute approximate surface area is 179 Å². The molecule has 0 N–H and O–H groups in total. The molecule has 0 unspecified atom stereocenters. The van der Waals surface area contributed by atoms with Gasteiger partial charge in [0.15, 0.2) is 0 Å². The van der Waals surface area contributed by atoms with Crippen molar-refractivity contribution < 1.29 is 9.53 Å². The minimum absolute atomic E-state index is 0.227. The summed E-state index contributed by atoms with van der Waals surface area (Å²) in [6, 6.07) is 2.43. The number of rotatable bonds is 3. The number of hydrogen-bond donors (Lipinski definition) is 0. The molecule has 3 aliphatic heterocycles. The summed E-state index contributed by atoms with van der Waals surface area (Å²) in [6.45, 7) is 12.1. The number of fused-ring (bicyclic) bond motifs is 1. The predicted octanol–water partition coefficient (Wildman–Crippen LogP) is 2.25. The van der Waals surface area contributed by atoms with Gasteiger partial charge in [-0.05, 0) is 52.3 Å². The number of nitriles is 1. The average molecular weight is 412 g/mol. The van der Waals surface area contributed by atoms with Gasteiger partial charge in [-0.15, -0.1) is 0 Å². The maximum Gasteiger partial charge on any atom is 0.236 e. The minimum atomic E-state index is -0.275. The Morgan fingerprint density at radius 3 is 2.47 bits per heavy atom. The van der Waals surface area contributed by atoms with E-state index in [0.717, 1.165) is 42.1 Å². The number of piperidine rings is 1. The third-order valence-electron chi connectivity index (χ3n) is 6.66. The van der Waals surface area contributed by atoms with Crippen molar-refractivity contribution in [2.45, 2.75) is 58.7 Å². The first-order chi connectivity index (χ1) is 14.4. The lowest BCUT2D eigenvalue weighted by Crippen LogP contribution is -2.52. The molecule has 2 fully saturated rings. The molecule has 3 aliphatic rings. The first-order valence-corrected chi connectivity index (χ1v) is 11.2. The van der Waals surface area contributed by atoms with Crippen molar-refractivity contribution in [1.82, 2.24) is 14.8 Å². The van der Waals surface area contributed by atoms with Gasteiger partial charge in [0, 0.05) is 43.9 Å². The van der Waals surface area contributed by atoms with Gasteiger partial charge in [0.1, 0.15) is 11.9 Å². The second-order valence-electron chi connectivity index (χ2n) is 9.39. The lowest BCUT2D eigenvalue weighted by Gasteiger charge is -2.38.